The van der Waals surface area contributed by atoms with E-state index in [1.807, 2.05) is 0 Å². The zero-order valence-corrected chi connectivity index (χ0v) is 11.0. The van der Waals surface area contributed by atoms with E-state index < -0.39 is 0 Å². The normalized spacial score (nSPS) is 30.4. The predicted molar refractivity (Wildman–Crippen MR) is 65.6 cm³/mol. The molecule has 0 radical (unpaired) electrons. The first-order valence-electron chi connectivity index (χ1n) is 6.05. The molecule has 2 nitrogen and oxygen atoms in total. The standard InChI is InChI=1S/C12H24ClNO/c1-10(4-6-13)5-7-14-8-12(3)15-9-11(14)2/h10-12H,4-9H2,1-3H3. The summed E-state index contributed by atoms with van der Waals surface area (Å²) in [7, 11) is 0. The second kappa shape index (κ2) is 6.72. The van der Waals surface area contributed by atoms with Gasteiger partial charge in [0.2, 0.25) is 0 Å². The average molecular weight is 234 g/mol. The van der Waals surface area contributed by atoms with Crippen LogP contribution in [0.25, 0.3) is 0 Å². The molecule has 1 saturated heterocycles. The molecule has 15 heavy (non-hydrogen) atoms. The molecule has 0 spiro atoms. The highest BCUT2D eigenvalue weighted by atomic mass is 35.5. The molecule has 3 unspecified atom stereocenters. The maximum absolute atomic E-state index is 5.74. The number of halogens is 1. The number of alkyl halides is 1. The average Bonchev–Trinajstić information content (AvgIpc) is 2.20. The lowest BCUT2D eigenvalue weighted by Gasteiger charge is -2.37. The van der Waals surface area contributed by atoms with Gasteiger partial charge in [0, 0.05) is 18.5 Å². The molecule has 0 aliphatic carbocycles. The van der Waals surface area contributed by atoms with Gasteiger partial charge in [-0.05, 0) is 39.2 Å². The lowest BCUT2D eigenvalue weighted by Crippen LogP contribution is -2.47. The summed E-state index contributed by atoms with van der Waals surface area (Å²) in [6.07, 6.45) is 2.78. The molecular formula is C12H24ClNO. The number of ether oxygens (including phenoxy) is 1. The minimum absolute atomic E-state index is 0.393. The fourth-order valence-corrected chi connectivity index (χ4v) is 2.37. The highest BCUT2D eigenvalue weighted by molar-refractivity contribution is 6.17. The number of hydrogen-bond donors (Lipinski definition) is 0. The van der Waals surface area contributed by atoms with E-state index in [0.29, 0.717) is 12.1 Å². The Labute approximate surface area is 98.9 Å². The molecule has 1 rings (SSSR count). The van der Waals surface area contributed by atoms with Crippen molar-refractivity contribution in [2.75, 3.05) is 25.6 Å². The van der Waals surface area contributed by atoms with Gasteiger partial charge in [-0.2, -0.15) is 0 Å². The van der Waals surface area contributed by atoms with Gasteiger partial charge < -0.3 is 4.74 Å². The highest BCUT2D eigenvalue weighted by Crippen LogP contribution is 2.15. The monoisotopic (exact) mass is 233 g/mol. The molecule has 0 aromatic heterocycles. The highest BCUT2D eigenvalue weighted by Gasteiger charge is 2.23. The van der Waals surface area contributed by atoms with Gasteiger partial charge in [-0.15, -0.1) is 11.6 Å². The third kappa shape index (κ3) is 4.71. The van der Waals surface area contributed by atoms with Gasteiger partial charge in [-0.25, -0.2) is 0 Å². The maximum atomic E-state index is 5.74. The Morgan fingerprint density at radius 1 is 1.40 bits per heavy atom. The molecule has 0 bridgehead atoms. The maximum Gasteiger partial charge on any atom is 0.0674 e. The number of morpholine rings is 1. The summed E-state index contributed by atoms with van der Waals surface area (Å²) in [6, 6.07) is 0.574. The van der Waals surface area contributed by atoms with Crippen LogP contribution in [0, 0.1) is 5.92 Å². The van der Waals surface area contributed by atoms with Crippen LogP contribution < -0.4 is 0 Å². The SMILES string of the molecule is CC(CCCl)CCN1CC(C)OCC1C. The zero-order valence-electron chi connectivity index (χ0n) is 10.2. The van der Waals surface area contributed by atoms with E-state index in [4.69, 9.17) is 16.3 Å². The molecule has 0 aromatic rings. The lowest BCUT2D eigenvalue weighted by molar-refractivity contribution is -0.0505. The Bertz CT molecular complexity index is 177. The van der Waals surface area contributed by atoms with Crippen molar-refractivity contribution in [2.24, 2.45) is 5.92 Å². The van der Waals surface area contributed by atoms with E-state index >= 15 is 0 Å². The summed E-state index contributed by atoms with van der Waals surface area (Å²) < 4.78 is 5.61. The molecule has 1 fully saturated rings. The third-order valence-electron chi connectivity index (χ3n) is 3.25. The minimum Gasteiger partial charge on any atom is -0.376 e. The second-order valence-corrected chi connectivity index (χ2v) is 5.24. The quantitative estimate of drug-likeness (QED) is 0.678. The molecule has 3 atom stereocenters. The Balaban J connectivity index is 2.23. The van der Waals surface area contributed by atoms with Crippen molar-refractivity contribution in [3.63, 3.8) is 0 Å². The molecule has 0 saturated carbocycles. The summed E-state index contributed by atoms with van der Waals surface area (Å²) >= 11 is 5.74. The van der Waals surface area contributed by atoms with Crippen molar-refractivity contribution in [3.8, 4) is 0 Å². The van der Waals surface area contributed by atoms with Crippen LogP contribution in [0.15, 0.2) is 0 Å². The molecule has 3 heteroatoms. The van der Waals surface area contributed by atoms with Gasteiger partial charge in [0.15, 0.2) is 0 Å². The van der Waals surface area contributed by atoms with Crippen LogP contribution in [0.2, 0.25) is 0 Å². The Morgan fingerprint density at radius 2 is 2.13 bits per heavy atom. The van der Waals surface area contributed by atoms with E-state index in [1.165, 1.54) is 13.0 Å². The van der Waals surface area contributed by atoms with Crippen molar-refractivity contribution in [1.82, 2.24) is 4.90 Å². The fourth-order valence-electron chi connectivity index (χ4n) is 2.00. The van der Waals surface area contributed by atoms with Crippen LogP contribution in [0.4, 0.5) is 0 Å². The topological polar surface area (TPSA) is 12.5 Å². The molecule has 1 aliphatic heterocycles. The first kappa shape index (κ1) is 13.3. The van der Waals surface area contributed by atoms with Crippen LogP contribution in [-0.4, -0.2) is 42.6 Å². The molecule has 0 amide bonds. The van der Waals surface area contributed by atoms with Gasteiger partial charge in [-0.3, -0.25) is 4.90 Å². The first-order chi connectivity index (χ1) is 7.13. The third-order valence-corrected chi connectivity index (χ3v) is 3.47. The summed E-state index contributed by atoms with van der Waals surface area (Å²) in [6.45, 7) is 9.84. The van der Waals surface area contributed by atoms with Crippen LogP contribution in [0.3, 0.4) is 0 Å². The Hall–Kier alpha value is 0.210. The summed E-state index contributed by atoms with van der Waals surface area (Å²) in [5.41, 5.74) is 0. The van der Waals surface area contributed by atoms with Crippen molar-refractivity contribution < 1.29 is 4.74 Å². The van der Waals surface area contributed by atoms with Crippen LogP contribution in [0.5, 0.6) is 0 Å². The van der Waals surface area contributed by atoms with Gasteiger partial charge in [0.05, 0.1) is 12.7 Å². The van der Waals surface area contributed by atoms with E-state index in [9.17, 15) is 0 Å². The fraction of sp³-hybridized carbons (Fsp3) is 1.00. The largest absolute Gasteiger partial charge is 0.376 e. The van der Waals surface area contributed by atoms with E-state index in [2.05, 4.69) is 25.7 Å². The van der Waals surface area contributed by atoms with Crippen molar-refractivity contribution >= 4 is 11.6 Å². The Kier molecular flexibility index (Phi) is 5.95. The van der Waals surface area contributed by atoms with E-state index in [1.54, 1.807) is 0 Å². The molecule has 90 valence electrons. The number of nitrogens with zero attached hydrogens (tertiary/aromatic N) is 1. The predicted octanol–water partition coefficient (Wildman–Crippen LogP) is 2.75. The van der Waals surface area contributed by atoms with Crippen LogP contribution >= 0.6 is 11.6 Å². The summed E-state index contributed by atoms with van der Waals surface area (Å²) in [5, 5.41) is 0. The van der Waals surface area contributed by atoms with Gasteiger partial charge in [0.25, 0.3) is 0 Å². The van der Waals surface area contributed by atoms with Crippen LogP contribution in [0.1, 0.15) is 33.6 Å². The van der Waals surface area contributed by atoms with Crippen molar-refractivity contribution in [3.05, 3.63) is 0 Å². The van der Waals surface area contributed by atoms with Crippen molar-refractivity contribution in [1.29, 1.82) is 0 Å². The van der Waals surface area contributed by atoms with Gasteiger partial charge in [-0.1, -0.05) is 6.92 Å². The number of rotatable bonds is 5. The van der Waals surface area contributed by atoms with Gasteiger partial charge in [0.1, 0.15) is 0 Å². The summed E-state index contributed by atoms with van der Waals surface area (Å²) in [5.74, 6) is 1.53. The molecule has 1 aliphatic rings. The Morgan fingerprint density at radius 3 is 2.80 bits per heavy atom. The van der Waals surface area contributed by atoms with E-state index in [-0.39, 0.29) is 0 Å². The minimum atomic E-state index is 0.393. The smallest absolute Gasteiger partial charge is 0.0674 e. The van der Waals surface area contributed by atoms with Crippen molar-refractivity contribution in [2.45, 2.75) is 45.8 Å². The van der Waals surface area contributed by atoms with E-state index in [0.717, 1.165) is 31.4 Å². The molecule has 1 heterocycles. The first-order valence-corrected chi connectivity index (χ1v) is 6.58. The van der Waals surface area contributed by atoms with Crippen LogP contribution in [-0.2, 0) is 4.74 Å². The second-order valence-electron chi connectivity index (χ2n) is 4.86. The molecule has 0 aromatic carbocycles. The molecular weight excluding hydrogens is 210 g/mol. The van der Waals surface area contributed by atoms with Gasteiger partial charge >= 0.3 is 0 Å². The molecule has 0 N–H and O–H groups in total. The summed E-state index contributed by atoms with van der Waals surface area (Å²) in [4.78, 5) is 2.54. The number of hydrogen-bond acceptors (Lipinski definition) is 2. The zero-order chi connectivity index (χ0) is 11.3. The lowest BCUT2D eigenvalue weighted by atomic mass is 10.0.